The van der Waals surface area contributed by atoms with Gasteiger partial charge in [-0.25, -0.2) is 0 Å². The molecule has 0 spiro atoms. The second-order valence-electron chi connectivity index (χ2n) is 0.903. The zero-order chi connectivity index (χ0) is 5.70. The largest absolute Gasteiger partial charge is 0.376 e. The number of aliphatic hydroxyl groups is 1. The van der Waals surface area contributed by atoms with E-state index in [0.717, 1.165) is 6.08 Å². The Kier molecular flexibility index (Phi) is 2.96. The van der Waals surface area contributed by atoms with Crippen LogP contribution in [0.25, 0.3) is 0 Å². The van der Waals surface area contributed by atoms with Gasteiger partial charge in [0.15, 0.2) is 0 Å². The van der Waals surface area contributed by atoms with E-state index in [-0.39, 0.29) is 12.6 Å². The molecule has 0 saturated carbocycles. The summed E-state index contributed by atoms with van der Waals surface area (Å²) in [6, 6.07) is 0. The van der Waals surface area contributed by atoms with Gasteiger partial charge in [-0.2, -0.15) is 0 Å². The van der Waals surface area contributed by atoms with E-state index in [2.05, 4.69) is 11.9 Å². The van der Waals surface area contributed by atoms with E-state index >= 15 is 0 Å². The molecule has 40 valence electrons. The predicted molar refractivity (Wildman–Crippen MR) is 25.4 cm³/mol. The van der Waals surface area contributed by atoms with Crippen molar-refractivity contribution in [3.8, 4) is 0 Å². The Morgan fingerprint density at radius 3 is 2.71 bits per heavy atom. The Morgan fingerprint density at radius 2 is 2.57 bits per heavy atom. The summed E-state index contributed by atoms with van der Waals surface area (Å²) in [5.74, 6) is -0.359. The molecule has 3 heteroatoms. The molecule has 0 aromatic carbocycles. The van der Waals surface area contributed by atoms with Crippen molar-refractivity contribution in [2.24, 2.45) is 0 Å². The van der Waals surface area contributed by atoms with Crippen molar-refractivity contribution in [2.45, 2.75) is 0 Å². The van der Waals surface area contributed by atoms with E-state index in [1.807, 2.05) is 0 Å². The number of hydrogen-bond acceptors (Lipinski definition) is 2. The van der Waals surface area contributed by atoms with Gasteiger partial charge in [0.05, 0.1) is 0 Å². The minimum absolute atomic E-state index is 0.329. The third-order valence-electron chi connectivity index (χ3n) is 0.439. The van der Waals surface area contributed by atoms with Gasteiger partial charge < -0.3 is 10.4 Å². The first-order valence-electron chi connectivity index (χ1n) is 1.82. The highest BCUT2D eigenvalue weighted by atomic mass is 16.3. The fourth-order valence-electron chi connectivity index (χ4n) is 0.150. The van der Waals surface area contributed by atoms with Gasteiger partial charge in [0.25, 0.3) is 0 Å². The highest BCUT2D eigenvalue weighted by Gasteiger charge is 1.84. The first-order valence-corrected chi connectivity index (χ1v) is 1.82. The fraction of sp³-hybridized carbons (Fsp3) is 0.250. The smallest absolute Gasteiger partial charge is 0.245 e. The molecule has 0 saturated heterocycles. The van der Waals surface area contributed by atoms with Crippen molar-refractivity contribution in [3.05, 3.63) is 12.7 Å². The molecule has 0 aromatic heterocycles. The third kappa shape index (κ3) is 2.99. The van der Waals surface area contributed by atoms with Crippen LogP contribution >= 0.6 is 0 Å². The number of carbonyl (C=O) groups is 1. The molecule has 0 bridgehead atoms. The van der Waals surface area contributed by atoms with Crippen LogP contribution in [0.1, 0.15) is 0 Å². The molecule has 2 N–H and O–H groups in total. The van der Waals surface area contributed by atoms with Crippen molar-refractivity contribution in [1.82, 2.24) is 5.32 Å². The highest BCUT2D eigenvalue weighted by Crippen LogP contribution is 1.59. The molecule has 0 radical (unpaired) electrons. The maximum Gasteiger partial charge on any atom is 0.245 e. The highest BCUT2D eigenvalue weighted by molar-refractivity contribution is 5.86. The first kappa shape index (κ1) is 6.17. The number of amides is 1. The number of hydrogen-bond donors (Lipinski definition) is 2. The molecule has 0 aliphatic heterocycles. The van der Waals surface area contributed by atoms with E-state index < -0.39 is 0 Å². The average molecular weight is 102 g/mol. The second-order valence-corrected chi connectivity index (χ2v) is 0.903. The molecule has 0 fully saturated rings. The van der Waals surface area contributed by atoms with Crippen LogP contribution in [0.5, 0.6) is 0 Å². The second kappa shape index (κ2) is 3.36. The maximum atomic E-state index is 10.0. The van der Waals surface area contributed by atoms with Crippen LogP contribution in [-0.4, -0.2) is 17.7 Å². The quantitative estimate of drug-likeness (QED) is 0.273. The number of rotatable bonds is 2. The van der Waals surface area contributed by atoms with Crippen LogP contribution in [-0.2, 0) is 4.79 Å². The summed E-state index contributed by atoms with van der Waals surface area (Å²) in [5, 5.41) is 10.1. The summed E-state index contributed by atoms with van der Waals surface area (Å²) in [5.41, 5.74) is 0. The van der Waals surface area contributed by atoms with Crippen molar-refractivity contribution >= 4 is 5.91 Å². The van der Waals surface area contributed by atoms with E-state index in [4.69, 9.17) is 5.11 Å². The molecule has 0 heterocycles. The lowest BCUT2D eigenvalue weighted by molar-refractivity contribution is -0.117. The summed E-state index contributed by atoms with van der Waals surface area (Å²) in [6.45, 7) is 2.83. The maximum absolute atomic E-state index is 10.0. The molecule has 3 nitrogen and oxygen atoms in total. The predicted octanol–water partition coefficient (Wildman–Crippen LogP) is -0.762. The summed E-state index contributed by atoms with van der Waals surface area (Å²) in [7, 11) is 0. The Hall–Kier alpha value is -0.830. The van der Waals surface area contributed by atoms with Gasteiger partial charge in [0.2, 0.25) is 5.91 Å². The topological polar surface area (TPSA) is 49.3 Å². The van der Waals surface area contributed by atoms with Gasteiger partial charge in [-0.15, -0.1) is 0 Å². The summed E-state index contributed by atoms with van der Waals surface area (Å²) < 4.78 is 0. The summed E-state index contributed by atoms with van der Waals surface area (Å²) in [4.78, 5) is 10.0. The lowest BCUT2D eigenvalue weighted by Crippen LogP contribution is -2.20. The van der Waals surface area contributed by atoms with Gasteiger partial charge >= 0.3 is 0 Å². The first-order chi connectivity index (χ1) is 3.31. The van der Waals surface area contributed by atoms with Crippen LogP contribution in [0.3, 0.4) is 0 Å². The van der Waals surface area contributed by atoms with Crippen LogP contribution < -0.4 is 5.32 Å². The van der Waals surface area contributed by atoms with Gasteiger partial charge in [-0.05, 0) is 6.08 Å². The standard InChI is InChI=1S/C4H7NO2/c1-2-4(7)5-3-6/h2,6H,1,3H2,(H,5,7)/i5+1. The van der Waals surface area contributed by atoms with E-state index in [1.165, 1.54) is 0 Å². The molecular weight excluding hydrogens is 95.0 g/mol. The normalized spacial score (nSPS) is 7.57. The number of nitrogens with one attached hydrogen (secondary N) is 1. The minimum atomic E-state index is -0.359. The summed E-state index contributed by atoms with van der Waals surface area (Å²) >= 11 is 0. The van der Waals surface area contributed by atoms with E-state index in [1.54, 1.807) is 0 Å². The van der Waals surface area contributed by atoms with Gasteiger partial charge in [0.1, 0.15) is 6.73 Å². The van der Waals surface area contributed by atoms with E-state index in [0.29, 0.717) is 0 Å². The zero-order valence-corrected chi connectivity index (χ0v) is 3.85. The fourth-order valence-corrected chi connectivity index (χ4v) is 0.150. The average Bonchev–Trinajstić information content (AvgIpc) is 1.68. The SMILES string of the molecule is C=CC(=O)[15NH]CO. The minimum Gasteiger partial charge on any atom is -0.376 e. The van der Waals surface area contributed by atoms with Crippen molar-refractivity contribution in [1.29, 1.82) is 0 Å². The number of carbonyl (C=O) groups excluding carboxylic acids is 1. The van der Waals surface area contributed by atoms with Crippen LogP contribution in [0.15, 0.2) is 12.7 Å². The van der Waals surface area contributed by atoms with Crippen LogP contribution in [0, 0.1) is 0 Å². The molecule has 7 heavy (non-hydrogen) atoms. The molecular formula is C4H7NO2. The Labute approximate surface area is 41.7 Å². The van der Waals surface area contributed by atoms with E-state index in [9.17, 15) is 4.79 Å². The summed E-state index contributed by atoms with van der Waals surface area (Å²) in [6.07, 6.45) is 1.09. The molecule has 0 aliphatic carbocycles. The molecule has 0 atom stereocenters. The lowest BCUT2D eigenvalue weighted by Gasteiger charge is -1.89. The Bertz CT molecular complexity index is 79.8. The van der Waals surface area contributed by atoms with Crippen molar-refractivity contribution in [3.63, 3.8) is 0 Å². The molecule has 0 rings (SSSR count). The lowest BCUT2D eigenvalue weighted by atomic mass is 10.6. The molecule has 0 unspecified atom stereocenters. The van der Waals surface area contributed by atoms with Gasteiger partial charge in [-0.1, -0.05) is 6.58 Å². The Balaban J connectivity index is 3.17. The zero-order valence-electron chi connectivity index (χ0n) is 3.85. The molecule has 1 amide bonds. The molecule has 0 aliphatic rings. The van der Waals surface area contributed by atoms with Gasteiger partial charge in [-0.3, -0.25) is 4.79 Å². The molecule has 0 aromatic rings. The Morgan fingerprint density at radius 1 is 2.00 bits per heavy atom. The van der Waals surface area contributed by atoms with Crippen LogP contribution in [0.4, 0.5) is 0 Å². The van der Waals surface area contributed by atoms with Gasteiger partial charge in [0, 0.05) is 0 Å². The third-order valence-corrected chi connectivity index (χ3v) is 0.439. The number of aliphatic hydroxyl groups excluding tert-OH is 1. The van der Waals surface area contributed by atoms with Crippen molar-refractivity contribution < 1.29 is 9.90 Å². The van der Waals surface area contributed by atoms with Crippen molar-refractivity contribution in [2.75, 3.05) is 6.73 Å². The monoisotopic (exact) mass is 102 g/mol. The van der Waals surface area contributed by atoms with Crippen LogP contribution in [0.2, 0.25) is 0 Å².